The molecule has 0 spiro atoms. The van der Waals surface area contributed by atoms with Gasteiger partial charge < -0.3 is 5.11 Å². The van der Waals surface area contributed by atoms with Gasteiger partial charge in [0.15, 0.2) is 5.69 Å². The molecule has 0 heterocycles. The summed E-state index contributed by atoms with van der Waals surface area (Å²) in [7, 11) is 3.47. The monoisotopic (exact) mass is 192 g/mol. The topological polar surface area (TPSA) is 36.7 Å². The Morgan fingerprint density at radius 2 is 1.75 bits per heavy atom. The summed E-state index contributed by atoms with van der Waals surface area (Å²) in [5.41, 5.74) is 0.951. The van der Waals surface area contributed by atoms with Gasteiger partial charge in [0.1, 0.15) is 7.05 Å². The van der Waals surface area contributed by atoms with E-state index in [2.05, 4.69) is 0 Å². The molecule has 1 aromatic carbocycles. The summed E-state index contributed by atoms with van der Waals surface area (Å²) >= 11 is 0. The van der Waals surface area contributed by atoms with Gasteiger partial charge in [-0.1, -0.05) is 12.1 Å². The van der Waals surface area contributed by atoms with E-state index < -0.39 is 0 Å². The van der Waals surface area contributed by atoms with Crippen molar-refractivity contribution in [3.63, 3.8) is 0 Å². The Balaban J connectivity index is 0.00000121. The SMILES string of the molecule is CO[NH+](C)c1ccc([O-])cc1.[K+]. The van der Waals surface area contributed by atoms with Crippen molar-refractivity contribution in [1.29, 1.82) is 0 Å². The molecule has 1 rings (SSSR count). The molecule has 0 aliphatic rings. The largest absolute Gasteiger partial charge is 1.00 e. The van der Waals surface area contributed by atoms with Gasteiger partial charge in [-0.25, -0.2) is 4.84 Å². The minimum atomic E-state index is 0. The van der Waals surface area contributed by atoms with Crippen LogP contribution in [0.5, 0.6) is 5.75 Å². The molecular formula is C8H11KNO2+. The molecule has 0 radical (unpaired) electrons. The molecule has 12 heavy (non-hydrogen) atoms. The fraction of sp³-hybridized carbons (Fsp3) is 0.250. The van der Waals surface area contributed by atoms with Crippen LogP contribution >= 0.6 is 0 Å². The van der Waals surface area contributed by atoms with Crippen LogP contribution in [0.3, 0.4) is 0 Å². The summed E-state index contributed by atoms with van der Waals surface area (Å²) in [4.78, 5) is 4.99. The average Bonchev–Trinajstić information content (AvgIpc) is 2.05. The van der Waals surface area contributed by atoms with Crippen molar-refractivity contribution in [1.82, 2.24) is 0 Å². The molecule has 0 saturated carbocycles. The summed E-state index contributed by atoms with van der Waals surface area (Å²) in [5.74, 6) is 0.0256. The van der Waals surface area contributed by atoms with Crippen LogP contribution in [0.4, 0.5) is 5.69 Å². The Labute approximate surface area is 115 Å². The molecule has 0 amide bonds. The van der Waals surface area contributed by atoms with Crippen molar-refractivity contribution < 1.29 is 66.4 Å². The zero-order chi connectivity index (χ0) is 8.27. The van der Waals surface area contributed by atoms with Crippen LogP contribution in [0, 0.1) is 0 Å². The van der Waals surface area contributed by atoms with Crippen molar-refractivity contribution >= 4 is 5.69 Å². The molecule has 1 aromatic rings. The van der Waals surface area contributed by atoms with Crippen molar-refractivity contribution in [2.24, 2.45) is 0 Å². The fourth-order valence-corrected chi connectivity index (χ4v) is 0.807. The number of hydrogen-bond donors (Lipinski definition) is 1. The normalized spacial score (nSPS) is 11.8. The second kappa shape index (κ2) is 6.09. The molecule has 1 N–H and O–H groups in total. The smallest absolute Gasteiger partial charge is 0.872 e. The van der Waals surface area contributed by atoms with Crippen molar-refractivity contribution in [2.75, 3.05) is 14.2 Å². The molecule has 0 aliphatic heterocycles. The zero-order valence-electron chi connectivity index (χ0n) is 7.63. The van der Waals surface area contributed by atoms with Crippen LogP contribution in [-0.4, -0.2) is 14.2 Å². The molecule has 1 atom stereocenters. The number of quaternary nitrogens is 1. The van der Waals surface area contributed by atoms with Crippen molar-refractivity contribution in [3.8, 4) is 5.75 Å². The Bertz CT molecular complexity index is 225. The second-order valence-electron chi connectivity index (χ2n) is 2.28. The minimum Gasteiger partial charge on any atom is -0.872 e. The van der Waals surface area contributed by atoms with Gasteiger partial charge in [-0.2, -0.15) is 5.06 Å². The first-order chi connectivity index (χ1) is 5.24. The zero-order valence-corrected chi connectivity index (χ0v) is 10.7. The first-order valence-corrected chi connectivity index (χ1v) is 3.39. The van der Waals surface area contributed by atoms with E-state index in [1.165, 1.54) is 12.1 Å². The molecule has 0 aliphatic carbocycles. The Morgan fingerprint density at radius 3 is 2.17 bits per heavy atom. The van der Waals surface area contributed by atoms with Gasteiger partial charge in [-0.3, -0.25) is 0 Å². The van der Waals surface area contributed by atoms with Crippen LogP contribution < -0.4 is 61.6 Å². The molecular weight excluding hydrogens is 181 g/mol. The summed E-state index contributed by atoms with van der Waals surface area (Å²) < 4.78 is 0. The van der Waals surface area contributed by atoms with E-state index in [0.29, 0.717) is 0 Å². The van der Waals surface area contributed by atoms with Crippen LogP contribution in [0.2, 0.25) is 0 Å². The van der Waals surface area contributed by atoms with E-state index >= 15 is 0 Å². The van der Waals surface area contributed by atoms with Crippen LogP contribution in [-0.2, 0) is 4.84 Å². The van der Waals surface area contributed by atoms with E-state index in [9.17, 15) is 5.11 Å². The van der Waals surface area contributed by atoms with Gasteiger partial charge in [0.2, 0.25) is 0 Å². The van der Waals surface area contributed by atoms with E-state index in [1.807, 2.05) is 7.05 Å². The number of nitrogens with one attached hydrogen (secondary N) is 1. The Morgan fingerprint density at radius 1 is 1.25 bits per heavy atom. The summed E-state index contributed by atoms with van der Waals surface area (Å²) in [5, 5.41) is 11.5. The van der Waals surface area contributed by atoms with Gasteiger partial charge in [0.05, 0.1) is 7.11 Å². The maximum atomic E-state index is 10.7. The van der Waals surface area contributed by atoms with Gasteiger partial charge in [-0.05, 0) is 0 Å². The van der Waals surface area contributed by atoms with Gasteiger partial charge >= 0.3 is 51.4 Å². The Hall–Kier alpha value is 0.576. The number of rotatable bonds is 2. The molecule has 0 bridgehead atoms. The van der Waals surface area contributed by atoms with Gasteiger partial charge in [0.25, 0.3) is 0 Å². The Kier molecular flexibility index (Phi) is 6.39. The quantitative estimate of drug-likeness (QED) is 0.389. The van der Waals surface area contributed by atoms with E-state index in [0.717, 1.165) is 10.8 Å². The maximum Gasteiger partial charge on any atom is 1.00 e. The van der Waals surface area contributed by atoms with Crippen molar-refractivity contribution in [2.45, 2.75) is 0 Å². The third kappa shape index (κ3) is 3.53. The molecule has 60 valence electrons. The summed E-state index contributed by atoms with van der Waals surface area (Å²) in [6.45, 7) is 0. The van der Waals surface area contributed by atoms with Crippen LogP contribution in [0.15, 0.2) is 24.3 Å². The first-order valence-electron chi connectivity index (χ1n) is 3.39. The third-order valence-electron chi connectivity index (χ3n) is 1.57. The van der Waals surface area contributed by atoms with E-state index in [4.69, 9.17) is 4.84 Å². The predicted octanol–water partition coefficient (Wildman–Crippen LogP) is -3.53. The number of hydrogen-bond acceptors (Lipinski definition) is 2. The van der Waals surface area contributed by atoms with Gasteiger partial charge in [0, 0.05) is 12.1 Å². The average molecular weight is 192 g/mol. The van der Waals surface area contributed by atoms with Crippen molar-refractivity contribution in [3.05, 3.63) is 24.3 Å². The standard InChI is InChI=1S/C8H11NO2.K/c1-9(11-2)7-3-5-8(10)6-4-7;/h3-6,10H,1-2H3;/q;+1. The summed E-state index contributed by atoms with van der Waals surface area (Å²) in [6.07, 6.45) is 0. The molecule has 3 nitrogen and oxygen atoms in total. The summed E-state index contributed by atoms with van der Waals surface area (Å²) in [6, 6.07) is 6.55. The molecule has 1 unspecified atom stereocenters. The number of hydroxylamine groups is 1. The molecule has 0 aromatic heterocycles. The fourth-order valence-electron chi connectivity index (χ4n) is 0.807. The maximum absolute atomic E-state index is 10.7. The predicted molar refractivity (Wildman–Crippen MR) is 39.4 cm³/mol. The van der Waals surface area contributed by atoms with E-state index in [-0.39, 0.29) is 57.1 Å². The molecule has 0 saturated heterocycles. The van der Waals surface area contributed by atoms with Crippen LogP contribution in [0.1, 0.15) is 0 Å². The van der Waals surface area contributed by atoms with Gasteiger partial charge in [-0.15, -0.1) is 5.75 Å². The van der Waals surface area contributed by atoms with Crippen LogP contribution in [0.25, 0.3) is 0 Å². The third-order valence-corrected chi connectivity index (χ3v) is 1.57. The molecule has 4 heteroatoms. The van der Waals surface area contributed by atoms with E-state index in [1.54, 1.807) is 19.2 Å². The first kappa shape index (κ1) is 12.6. The minimum absolute atomic E-state index is 0. The second-order valence-corrected chi connectivity index (χ2v) is 2.28. The molecule has 0 fully saturated rings. The number of benzene rings is 1.